The quantitative estimate of drug-likeness (QED) is 0.460. The van der Waals surface area contributed by atoms with Crippen LogP contribution in [0.1, 0.15) is 5.82 Å². The first-order valence-electron chi connectivity index (χ1n) is 9.16. The van der Waals surface area contributed by atoms with E-state index in [0.717, 1.165) is 42.8 Å². The van der Waals surface area contributed by atoms with E-state index in [1.807, 2.05) is 19.2 Å². The maximum absolute atomic E-state index is 12.4. The fourth-order valence-electron chi connectivity index (χ4n) is 3.13. The summed E-state index contributed by atoms with van der Waals surface area (Å²) in [7, 11) is 2.03. The number of anilines is 1. The Bertz CT molecular complexity index is 883. The molecule has 3 heterocycles. The Morgan fingerprint density at radius 3 is 3.03 bits per heavy atom. The van der Waals surface area contributed by atoms with Crippen molar-refractivity contribution < 1.29 is 13.6 Å². The maximum Gasteiger partial charge on any atom is 0.279 e. The Balaban J connectivity index is 1.73. The zero-order valence-corrected chi connectivity index (χ0v) is 16.0. The van der Waals surface area contributed by atoms with Crippen molar-refractivity contribution in [3.05, 3.63) is 36.4 Å². The van der Waals surface area contributed by atoms with E-state index in [1.165, 1.54) is 6.08 Å². The Hall–Kier alpha value is -3.14. The van der Waals surface area contributed by atoms with Gasteiger partial charge in [-0.3, -0.25) is 15.1 Å². The number of H-pyrrole nitrogens is 1. The van der Waals surface area contributed by atoms with E-state index in [4.69, 9.17) is 5.41 Å². The lowest BCUT2D eigenvalue weighted by Gasteiger charge is -2.40. The fraction of sp³-hybridized carbons (Fsp3) is 0.368. The van der Waals surface area contributed by atoms with Gasteiger partial charge in [0.05, 0.1) is 17.6 Å². The van der Waals surface area contributed by atoms with E-state index in [-0.39, 0.29) is 6.04 Å². The minimum absolute atomic E-state index is 0.188. The molecule has 154 valence electrons. The van der Waals surface area contributed by atoms with E-state index in [9.17, 15) is 13.6 Å². The number of carbonyl (C=O) groups excluding carboxylic acids is 1. The molecule has 1 aliphatic rings. The largest absolute Gasteiger partial charge is 0.357 e. The monoisotopic (exact) mass is 403 g/mol. The van der Waals surface area contributed by atoms with Gasteiger partial charge in [-0.05, 0) is 31.3 Å². The number of hydrogen-bond acceptors (Lipinski definition) is 6. The van der Waals surface area contributed by atoms with Crippen molar-refractivity contribution in [2.45, 2.75) is 12.5 Å². The summed E-state index contributed by atoms with van der Waals surface area (Å²) in [6.07, 6.45) is 3.61. The van der Waals surface area contributed by atoms with Gasteiger partial charge in [-0.1, -0.05) is 0 Å². The van der Waals surface area contributed by atoms with Gasteiger partial charge in [-0.25, -0.2) is 18.7 Å². The molecule has 0 aromatic carbocycles. The molecule has 29 heavy (non-hydrogen) atoms. The topological polar surface area (TPSA) is 101 Å². The number of halogens is 2. The van der Waals surface area contributed by atoms with Crippen LogP contribution in [0.2, 0.25) is 0 Å². The summed E-state index contributed by atoms with van der Waals surface area (Å²) in [5.74, 6) is 1.21. The second kappa shape index (κ2) is 9.37. The van der Waals surface area contributed by atoms with Crippen molar-refractivity contribution in [2.24, 2.45) is 0 Å². The summed E-state index contributed by atoms with van der Waals surface area (Å²) in [6.45, 7) is 2.98. The first-order chi connectivity index (χ1) is 14.0. The molecule has 1 saturated heterocycles. The highest BCUT2D eigenvalue weighted by Crippen LogP contribution is 2.23. The highest BCUT2D eigenvalue weighted by Gasteiger charge is 2.25. The molecule has 2 aromatic rings. The van der Waals surface area contributed by atoms with Crippen LogP contribution in [0.15, 0.2) is 30.6 Å². The number of pyridine rings is 1. The van der Waals surface area contributed by atoms with E-state index < -0.39 is 12.1 Å². The molecule has 1 amide bonds. The third-order valence-corrected chi connectivity index (χ3v) is 4.85. The summed E-state index contributed by atoms with van der Waals surface area (Å²) in [5, 5.41) is 9.89. The highest BCUT2D eigenvalue weighted by atomic mass is 19.3. The lowest BCUT2D eigenvalue weighted by molar-refractivity contribution is -0.109. The van der Waals surface area contributed by atoms with Gasteiger partial charge < -0.3 is 15.2 Å². The zero-order chi connectivity index (χ0) is 20.8. The Morgan fingerprint density at radius 2 is 2.28 bits per heavy atom. The summed E-state index contributed by atoms with van der Waals surface area (Å²) >= 11 is 0. The molecule has 1 fully saturated rings. The molecule has 2 aromatic heterocycles. The molecule has 8 nitrogen and oxygen atoms in total. The van der Waals surface area contributed by atoms with Crippen molar-refractivity contribution in [3.8, 4) is 11.3 Å². The van der Waals surface area contributed by atoms with Crippen molar-refractivity contribution in [2.75, 3.05) is 38.1 Å². The number of aromatic nitrogens is 3. The number of alkyl halides is 2. The van der Waals surface area contributed by atoms with Crippen molar-refractivity contribution in [1.82, 2.24) is 25.2 Å². The number of allylic oxidation sites excluding steroid dienone is 1. The molecular weight excluding hydrogens is 380 g/mol. The number of likely N-dealkylation sites (N-methyl/N-ethyl adjacent to an activating group) is 1. The lowest BCUT2D eigenvalue weighted by atomic mass is 10.1. The average molecular weight is 403 g/mol. The summed E-state index contributed by atoms with van der Waals surface area (Å²) in [6, 6.07) is 3.97. The molecule has 1 atom stereocenters. The van der Waals surface area contributed by atoms with Crippen LogP contribution in [-0.4, -0.2) is 77.7 Å². The van der Waals surface area contributed by atoms with Crippen LogP contribution >= 0.6 is 0 Å². The number of nitrogens with zero attached hydrogens (tertiary/aromatic N) is 4. The standard InChI is InChI=1S/C19H23F2N7O/c1-27-6-7-28(11-14(27)9-23-12-29)18-8-13(4-5-24-18)16-10-25-17(26-16)3-2-15(22)19(20)21/h2-5,8,10,12,14,19,22H,6-7,9,11H2,1H3,(H,23,29)(H,25,26)/b3-2-,22-15?. The Kier molecular flexibility index (Phi) is 6.65. The molecular formula is C19H23F2N7O. The third kappa shape index (κ3) is 5.23. The van der Waals surface area contributed by atoms with Crippen LogP contribution in [-0.2, 0) is 4.79 Å². The van der Waals surface area contributed by atoms with Crippen LogP contribution in [0.4, 0.5) is 14.6 Å². The molecule has 0 bridgehead atoms. The number of hydrogen-bond donors (Lipinski definition) is 3. The van der Waals surface area contributed by atoms with Crippen LogP contribution < -0.4 is 10.2 Å². The number of piperazine rings is 1. The Labute approximate surface area is 167 Å². The molecule has 0 spiro atoms. The number of nitrogens with one attached hydrogen (secondary N) is 3. The van der Waals surface area contributed by atoms with E-state index in [1.54, 1.807) is 12.4 Å². The number of imidazole rings is 1. The molecule has 0 radical (unpaired) electrons. The number of amides is 1. The number of carbonyl (C=O) groups is 1. The molecule has 3 rings (SSSR count). The van der Waals surface area contributed by atoms with Gasteiger partial charge in [-0.15, -0.1) is 0 Å². The van der Waals surface area contributed by atoms with E-state index in [0.29, 0.717) is 18.8 Å². The van der Waals surface area contributed by atoms with Crippen molar-refractivity contribution in [3.63, 3.8) is 0 Å². The van der Waals surface area contributed by atoms with Gasteiger partial charge in [-0.2, -0.15) is 0 Å². The summed E-state index contributed by atoms with van der Waals surface area (Å²) < 4.78 is 24.8. The normalized spacial score (nSPS) is 17.8. The molecule has 1 unspecified atom stereocenters. The Morgan fingerprint density at radius 1 is 1.45 bits per heavy atom. The SMILES string of the molecule is CN1CCN(c2cc(-c3cnc(/C=C\C(=N)C(F)F)[nH]3)ccn2)CC1CNC=O. The number of aromatic amines is 1. The van der Waals surface area contributed by atoms with E-state index in [2.05, 4.69) is 30.1 Å². The second-order valence-corrected chi connectivity index (χ2v) is 6.78. The fourth-order valence-corrected chi connectivity index (χ4v) is 3.13. The summed E-state index contributed by atoms with van der Waals surface area (Å²) in [5.41, 5.74) is 0.834. The highest BCUT2D eigenvalue weighted by molar-refractivity contribution is 5.97. The third-order valence-electron chi connectivity index (χ3n) is 4.85. The van der Waals surface area contributed by atoms with Crippen LogP contribution in [0.3, 0.4) is 0 Å². The van der Waals surface area contributed by atoms with Crippen LogP contribution in [0.25, 0.3) is 17.3 Å². The molecule has 3 N–H and O–H groups in total. The first-order valence-corrected chi connectivity index (χ1v) is 9.16. The van der Waals surface area contributed by atoms with Gasteiger partial charge in [0.15, 0.2) is 0 Å². The maximum atomic E-state index is 12.4. The minimum atomic E-state index is -2.81. The van der Waals surface area contributed by atoms with Crippen LogP contribution in [0.5, 0.6) is 0 Å². The molecule has 10 heteroatoms. The molecule has 0 saturated carbocycles. The predicted molar refractivity (Wildman–Crippen MR) is 107 cm³/mol. The molecule has 0 aliphatic carbocycles. The smallest absolute Gasteiger partial charge is 0.279 e. The van der Waals surface area contributed by atoms with Crippen LogP contribution in [0, 0.1) is 5.41 Å². The van der Waals surface area contributed by atoms with Crippen molar-refractivity contribution in [1.29, 1.82) is 5.41 Å². The van der Waals surface area contributed by atoms with Gasteiger partial charge in [0, 0.05) is 44.0 Å². The summed E-state index contributed by atoms with van der Waals surface area (Å²) in [4.78, 5) is 26.7. The zero-order valence-electron chi connectivity index (χ0n) is 16.0. The van der Waals surface area contributed by atoms with Gasteiger partial charge in [0.25, 0.3) is 6.43 Å². The van der Waals surface area contributed by atoms with Gasteiger partial charge >= 0.3 is 0 Å². The van der Waals surface area contributed by atoms with Gasteiger partial charge in [0.2, 0.25) is 6.41 Å². The number of rotatable bonds is 8. The lowest BCUT2D eigenvalue weighted by Crippen LogP contribution is -2.55. The second-order valence-electron chi connectivity index (χ2n) is 6.78. The van der Waals surface area contributed by atoms with Gasteiger partial charge in [0.1, 0.15) is 11.6 Å². The van der Waals surface area contributed by atoms with Crippen molar-refractivity contribution >= 4 is 24.0 Å². The minimum Gasteiger partial charge on any atom is -0.357 e. The first kappa shape index (κ1) is 20.6. The predicted octanol–water partition coefficient (Wildman–Crippen LogP) is 1.64. The van der Waals surface area contributed by atoms with E-state index >= 15 is 0 Å². The average Bonchev–Trinajstić information content (AvgIpc) is 3.20. The molecule has 1 aliphatic heterocycles.